The highest BCUT2D eigenvalue weighted by Crippen LogP contribution is 2.24. The molecule has 1 aromatic heterocycles. The van der Waals surface area contributed by atoms with Crippen LogP contribution in [-0.2, 0) is 17.9 Å². The van der Waals surface area contributed by atoms with Gasteiger partial charge in [-0.15, -0.1) is 0 Å². The number of para-hydroxylation sites is 1. The molecule has 0 bridgehead atoms. The van der Waals surface area contributed by atoms with Crippen LogP contribution in [0.3, 0.4) is 0 Å². The summed E-state index contributed by atoms with van der Waals surface area (Å²) in [5.74, 6) is -0.948. The molecule has 1 fully saturated rings. The quantitative estimate of drug-likeness (QED) is 0.614. The van der Waals surface area contributed by atoms with Crippen molar-refractivity contribution in [1.82, 2.24) is 15.1 Å². The van der Waals surface area contributed by atoms with E-state index in [4.69, 9.17) is 0 Å². The van der Waals surface area contributed by atoms with Gasteiger partial charge in [-0.05, 0) is 48.7 Å². The monoisotopic (exact) mass is 421 g/mol. The van der Waals surface area contributed by atoms with Gasteiger partial charge in [-0.25, -0.2) is 4.39 Å². The molecule has 0 atom stereocenters. The minimum absolute atomic E-state index is 0.0400. The summed E-state index contributed by atoms with van der Waals surface area (Å²) in [6.07, 6.45) is 5.44. The van der Waals surface area contributed by atoms with Crippen LogP contribution in [0.25, 0.3) is 0 Å². The van der Waals surface area contributed by atoms with Crippen molar-refractivity contribution in [3.63, 3.8) is 0 Å². The van der Waals surface area contributed by atoms with Gasteiger partial charge in [0.1, 0.15) is 12.4 Å². The molecule has 0 radical (unpaired) electrons. The van der Waals surface area contributed by atoms with Crippen LogP contribution in [-0.4, -0.2) is 34.7 Å². The zero-order chi connectivity index (χ0) is 21.6. The van der Waals surface area contributed by atoms with E-state index < -0.39 is 5.82 Å². The standard InChI is InChI=1S/C23H24FN5O2/c24-19-9-7-17(8-10-19)23(31)27-20-14-26-29(15-20)16-22(30)25-13-18-5-1-2-6-21(18)28-11-3-4-12-28/h1-2,5-10,14-15H,3-4,11-13,16H2,(H,25,30)(H,27,31). The van der Waals surface area contributed by atoms with E-state index in [0.29, 0.717) is 17.8 Å². The Bertz CT molecular complexity index is 1060. The van der Waals surface area contributed by atoms with Gasteiger partial charge >= 0.3 is 0 Å². The first-order chi connectivity index (χ1) is 15.1. The SMILES string of the molecule is O=C(Cn1cc(NC(=O)c2ccc(F)cc2)cn1)NCc1ccccc1N1CCCC1. The molecule has 0 aliphatic carbocycles. The van der Waals surface area contributed by atoms with Crippen LogP contribution in [0.2, 0.25) is 0 Å². The smallest absolute Gasteiger partial charge is 0.255 e. The van der Waals surface area contributed by atoms with Gasteiger partial charge in [0.05, 0.1) is 11.9 Å². The molecular weight excluding hydrogens is 397 g/mol. The second-order valence-corrected chi connectivity index (χ2v) is 7.49. The second-order valence-electron chi connectivity index (χ2n) is 7.49. The molecule has 31 heavy (non-hydrogen) atoms. The second kappa shape index (κ2) is 9.42. The number of benzene rings is 2. The predicted octanol–water partition coefficient (Wildman–Crippen LogP) is 3.19. The topological polar surface area (TPSA) is 79.3 Å². The predicted molar refractivity (Wildman–Crippen MR) is 116 cm³/mol. The van der Waals surface area contributed by atoms with E-state index in [1.54, 1.807) is 6.20 Å². The molecule has 0 spiro atoms. The van der Waals surface area contributed by atoms with E-state index in [-0.39, 0.29) is 18.4 Å². The van der Waals surface area contributed by atoms with Crippen LogP contribution in [0.15, 0.2) is 60.9 Å². The molecular formula is C23H24FN5O2. The summed E-state index contributed by atoms with van der Waals surface area (Å²) < 4.78 is 14.4. The highest BCUT2D eigenvalue weighted by molar-refractivity contribution is 6.04. The molecule has 1 saturated heterocycles. The normalized spacial score (nSPS) is 13.3. The number of anilines is 2. The Morgan fingerprint density at radius 1 is 1.03 bits per heavy atom. The number of nitrogens with one attached hydrogen (secondary N) is 2. The lowest BCUT2D eigenvalue weighted by Gasteiger charge is -2.21. The number of nitrogens with zero attached hydrogens (tertiary/aromatic N) is 3. The fourth-order valence-corrected chi connectivity index (χ4v) is 3.64. The van der Waals surface area contributed by atoms with Crippen LogP contribution in [0.1, 0.15) is 28.8 Å². The van der Waals surface area contributed by atoms with Crippen LogP contribution >= 0.6 is 0 Å². The molecule has 1 aliphatic heterocycles. The summed E-state index contributed by atoms with van der Waals surface area (Å²) in [7, 11) is 0. The number of amides is 2. The first-order valence-corrected chi connectivity index (χ1v) is 10.3. The summed E-state index contributed by atoms with van der Waals surface area (Å²) in [5, 5.41) is 9.75. The van der Waals surface area contributed by atoms with Gasteiger partial charge in [-0.2, -0.15) is 5.10 Å². The maximum Gasteiger partial charge on any atom is 0.255 e. The molecule has 2 heterocycles. The van der Waals surface area contributed by atoms with Gasteiger partial charge in [0.15, 0.2) is 0 Å². The van der Waals surface area contributed by atoms with Crippen molar-refractivity contribution in [2.45, 2.75) is 25.9 Å². The van der Waals surface area contributed by atoms with Gasteiger partial charge in [-0.3, -0.25) is 14.3 Å². The Balaban J connectivity index is 1.30. The van der Waals surface area contributed by atoms with Crippen LogP contribution in [0.5, 0.6) is 0 Å². The van der Waals surface area contributed by atoms with Crippen molar-refractivity contribution in [2.24, 2.45) is 0 Å². The maximum atomic E-state index is 13.0. The third-order valence-electron chi connectivity index (χ3n) is 5.22. The Morgan fingerprint density at radius 2 is 1.77 bits per heavy atom. The van der Waals surface area contributed by atoms with E-state index in [1.807, 2.05) is 18.2 Å². The Kier molecular flexibility index (Phi) is 6.26. The molecule has 8 heteroatoms. The van der Waals surface area contributed by atoms with Gasteiger partial charge in [0.25, 0.3) is 5.91 Å². The van der Waals surface area contributed by atoms with Gasteiger partial charge in [-0.1, -0.05) is 18.2 Å². The largest absolute Gasteiger partial charge is 0.371 e. The van der Waals surface area contributed by atoms with Crippen LogP contribution < -0.4 is 15.5 Å². The third-order valence-corrected chi connectivity index (χ3v) is 5.22. The van der Waals surface area contributed by atoms with E-state index in [0.717, 1.165) is 18.7 Å². The molecule has 160 valence electrons. The molecule has 7 nitrogen and oxygen atoms in total. The fraction of sp³-hybridized carbons (Fsp3) is 0.261. The van der Waals surface area contributed by atoms with Gasteiger partial charge in [0, 0.05) is 37.1 Å². The summed E-state index contributed by atoms with van der Waals surface area (Å²) >= 11 is 0. The Hall–Kier alpha value is -3.68. The average molecular weight is 421 g/mol. The number of carbonyl (C=O) groups excluding carboxylic acids is 2. The highest BCUT2D eigenvalue weighted by atomic mass is 19.1. The number of carbonyl (C=O) groups is 2. The van der Waals surface area contributed by atoms with Crippen molar-refractivity contribution < 1.29 is 14.0 Å². The van der Waals surface area contributed by atoms with Crippen LogP contribution in [0.4, 0.5) is 15.8 Å². The van der Waals surface area contributed by atoms with E-state index in [9.17, 15) is 14.0 Å². The van der Waals surface area contributed by atoms with Gasteiger partial charge < -0.3 is 15.5 Å². The van der Waals surface area contributed by atoms with Crippen molar-refractivity contribution in [3.8, 4) is 0 Å². The molecule has 3 aromatic rings. The molecule has 2 aromatic carbocycles. The lowest BCUT2D eigenvalue weighted by molar-refractivity contribution is -0.122. The van der Waals surface area contributed by atoms with E-state index in [2.05, 4.69) is 26.7 Å². The number of halogens is 1. The summed E-state index contributed by atoms with van der Waals surface area (Å²) in [4.78, 5) is 27.0. The molecule has 1 aliphatic rings. The number of hydrogen-bond donors (Lipinski definition) is 2. The van der Waals surface area contributed by atoms with Crippen molar-refractivity contribution >= 4 is 23.2 Å². The Morgan fingerprint density at radius 3 is 2.55 bits per heavy atom. The zero-order valence-corrected chi connectivity index (χ0v) is 17.1. The lowest BCUT2D eigenvalue weighted by Crippen LogP contribution is -2.28. The summed E-state index contributed by atoms with van der Waals surface area (Å²) in [6, 6.07) is 13.4. The lowest BCUT2D eigenvalue weighted by atomic mass is 10.1. The average Bonchev–Trinajstić information content (AvgIpc) is 3.45. The number of rotatable bonds is 7. The van der Waals surface area contributed by atoms with Crippen LogP contribution in [0, 0.1) is 5.82 Å². The zero-order valence-electron chi connectivity index (χ0n) is 17.1. The minimum atomic E-state index is -0.404. The summed E-state index contributed by atoms with van der Waals surface area (Å²) in [5.41, 5.74) is 3.06. The Labute approximate surface area is 179 Å². The van der Waals surface area contributed by atoms with Crippen molar-refractivity contribution in [2.75, 3.05) is 23.3 Å². The van der Waals surface area contributed by atoms with Crippen molar-refractivity contribution in [3.05, 3.63) is 77.9 Å². The molecule has 4 rings (SSSR count). The molecule has 0 unspecified atom stereocenters. The van der Waals surface area contributed by atoms with E-state index >= 15 is 0 Å². The number of hydrogen-bond acceptors (Lipinski definition) is 4. The third kappa shape index (κ3) is 5.28. The fourth-order valence-electron chi connectivity index (χ4n) is 3.64. The molecule has 2 amide bonds. The molecule has 0 saturated carbocycles. The molecule has 2 N–H and O–H groups in total. The van der Waals surface area contributed by atoms with Crippen molar-refractivity contribution in [1.29, 1.82) is 0 Å². The van der Waals surface area contributed by atoms with E-state index in [1.165, 1.54) is 53.7 Å². The minimum Gasteiger partial charge on any atom is -0.371 e. The number of aromatic nitrogens is 2. The highest BCUT2D eigenvalue weighted by Gasteiger charge is 2.16. The maximum absolute atomic E-state index is 13.0. The first kappa shape index (κ1) is 20.6. The first-order valence-electron chi connectivity index (χ1n) is 10.3. The summed E-state index contributed by atoms with van der Waals surface area (Å²) in [6.45, 7) is 2.58. The van der Waals surface area contributed by atoms with Gasteiger partial charge in [0.2, 0.25) is 5.91 Å².